The normalized spacial score (nSPS) is 23.2. The van der Waals surface area contributed by atoms with Gasteiger partial charge < -0.3 is 10.5 Å². The summed E-state index contributed by atoms with van der Waals surface area (Å²) in [5.41, 5.74) is 6.37. The number of ether oxygens (including phenoxy) is 1. The summed E-state index contributed by atoms with van der Waals surface area (Å²) < 4.78 is 5.00. The first kappa shape index (κ1) is 9.01. The van der Waals surface area contributed by atoms with Gasteiger partial charge in [0.15, 0.2) is 0 Å². The molecule has 0 saturated heterocycles. The highest BCUT2D eigenvalue weighted by Gasteiger charge is 2.44. The van der Waals surface area contributed by atoms with E-state index in [1.807, 2.05) is 0 Å². The zero-order chi connectivity index (χ0) is 8.32. The Balaban J connectivity index is 2.14. The summed E-state index contributed by atoms with van der Waals surface area (Å²) in [4.78, 5) is 0. The molecule has 1 aliphatic carbocycles. The number of rotatable bonds is 5. The average Bonchev–Trinajstić information content (AvgIpc) is 2.70. The summed E-state index contributed by atoms with van der Waals surface area (Å²) >= 11 is 0. The van der Waals surface area contributed by atoms with Crippen molar-refractivity contribution in [2.75, 3.05) is 13.7 Å². The summed E-state index contributed by atoms with van der Waals surface area (Å²) in [6, 6.07) is 0.374. The maximum absolute atomic E-state index is 5.87. The van der Waals surface area contributed by atoms with Gasteiger partial charge >= 0.3 is 0 Å². The summed E-state index contributed by atoms with van der Waals surface area (Å²) in [6.07, 6.45) is 5.07. The van der Waals surface area contributed by atoms with Gasteiger partial charge in [0.05, 0.1) is 0 Å². The average molecular weight is 157 g/mol. The Morgan fingerprint density at radius 1 is 1.55 bits per heavy atom. The molecule has 11 heavy (non-hydrogen) atoms. The van der Waals surface area contributed by atoms with Crippen LogP contribution in [0.3, 0.4) is 0 Å². The summed E-state index contributed by atoms with van der Waals surface area (Å²) in [5, 5.41) is 0. The van der Waals surface area contributed by atoms with Crippen LogP contribution in [0.4, 0.5) is 0 Å². The van der Waals surface area contributed by atoms with Crippen LogP contribution < -0.4 is 5.73 Å². The fraction of sp³-hybridized carbons (Fsp3) is 1.00. The second-order valence-electron chi connectivity index (χ2n) is 3.75. The van der Waals surface area contributed by atoms with E-state index in [9.17, 15) is 0 Å². The molecule has 1 saturated carbocycles. The standard InChI is InChI=1S/C9H19NO/c1-8(10)9(5-6-9)4-3-7-11-2/h8H,3-7,10H2,1-2H3. The zero-order valence-corrected chi connectivity index (χ0v) is 7.60. The van der Waals surface area contributed by atoms with E-state index in [-0.39, 0.29) is 0 Å². The minimum atomic E-state index is 0.374. The third kappa shape index (κ3) is 2.17. The highest BCUT2D eigenvalue weighted by Crippen LogP contribution is 2.51. The highest BCUT2D eigenvalue weighted by atomic mass is 16.5. The van der Waals surface area contributed by atoms with Crippen LogP contribution in [0, 0.1) is 5.41 Å². The van der Waals surface area contributed by atoms with Crippen LogP contribution in [-0.4, -0.2) is 19.8 Å². The SMILES string of the molecule is COCCCC1(C(C)N)CC1. The molecule has 0 aliphatic heterocycles. The number of methoxy groups -OCH3 is 1. The van der Waals surface area contributed by atoms with E-state index in [2.05, 4.69) is 6.92 Å². The Kier molecular flexibility index (Phi) is 2.90. The Hall–Kier alpha value is -0.0800. The van der Waals surface area contributed by atoms with Crippen LogP contribution in [0.15, 0.2) is 0 Å². The predicted molar refractivity (Wildman–Crippen MR) is 46.4 cm³/mol. The smallest absolute Gasteiger partial charge is 0.0462 e. The molecule has 0 bridgehead atoms. The van der Waals surface area contributed by atoms with E-state index >= 15 is 0 Å². The van der Waals surface area contributed by atoms with Crippen LogP contribution in [0.2, 0.25) is 0 Å². The van der Waals surface area contributed by atoms with E-state index < -0.39 is 0 Å². The van der Waals surface area contributed by atoms with Crippen molar-refractivity contribution in [2.24, 2.45) is 11.1 Å². The third-order valence-electron chi connectivity index (χ3n) is 2.88. The van der Waals surface area contributed by atoms with Gasteiger partial charge in [-0.05, 0) is 38.0 Å². The molecule has 1 rings (SSSR count). The van der Waals surface area contributed by atoms with E-state index in [0.717, 1.165) is 13.0 Å². The number of nitrogens with two attached hydrogens (primary N) is 1. The largest absolute Gasteiger partial charge is 0.385 e. The molecule has 0 aromatic rings. The Bertz CT molecular complexity index is 119. The van der Waals surface area contributed by atoms with E-state index in [1.54, 1.807) is 7.11 Å². The molecule has 1 atom stereocenters. The Labute approximate surface area is 69.1 Å². The van der Waals surface area contributed by atoms with Crippen molar-refractivity contribution >= 4 is 0 Å². The molecule has 0 heterocycles. The molecule has 66 valence electrons. The van der Waals surface area contributed by atoms with Crippen LogP contribution in [0.1, 0.15) is 32.6 Å². The van der Waals surface area contributed by atoms with E-state index in [4.69, 9.17) is 10.5 Å². The molecule has 1 fully saturated rings. The van der Waals surface area contributed by atoms with Crippen molar-refractivity contribution in [3.8, 4) is 0 Å². The van der Waals surface area contributed by atoms with Crippen molar-refractivity contribution in [3.05, 3.63) is 0 Å². The first-order valence-electron chi connectivity index (χ1n) is 4.46. The molecule has 1 unspecified atom stereocenters. The van der Waals surface area contributed by atoms with Gasteiger partial charge in [-0.15, -0.1) is 0 Å². The van der Waals surface area contributed by atoms with Crippen molar-refractivity contribution in [3.63, 3.8) is 0 Å². The summed E-state index contributed by atoms with van der Waals surface area (Å²) in [5.74, 6) is 0. The van der Waals surface area contributed by atoms with Gasteiger partial charge in [0.25, 0.3) is 0 Å². The molecular weight excluding hydrogens is 138 g/mol. The third-order valence-corrected chi connectivity index (χ3v) is 2.88. The van der Waals surface area contributed by atoms with Gasteiger partial charge in [0.1, 0.15) is 0 Å². The van der Waals surface area contributed by atoms with Crippen molar-refractivity contribution in [1.29, 1.82) is 0 Å². The first-order valence-corrected chi connectivity index (χ1v) is 4.46. The van der Waals surface area contributed by atoms with Crippen molar-refractivity contribution < 1.29 is 4.74 Å². The van der Waals surface area contributed by atoms with E-state index in [0.29, 0.717) is 11.5 Å². The lowest BCUT2D eigenvalue weighted by atomic mass is 9.93. The molecule has 0 amide bonds. The molecule has 2 heteroatoms. The molecule has 1 aliphatic rings. The second kappa shape index (κ2) is 3.55. The topological polar surface area (TPSA) is 35.2 Å². The van der Waals surface area contributed by atoms with Crippen LogP contribution in [0.25, 0.3) is 0 Å². The molecule has 2 N–H and O–H groups in total. The number of hydrogen-bond acceptors (Lipinski definition) is 2. The second-order valence-corrected chi connectivity index (χ2v) is 3.75. The molecule has 0 spiro atoms. The molecule has 0 aromatic carbocycles. The van der Waals surface area contributed by atoms with Crippen molar-refractivity contribution in [2.45, 2.75) is 38.6 Å². The lowest BCUT2D eigenvalue weighted by molar-refractivity contribution is 0.182. The molecule has 2 nitrogen and oxygen atoms in total. The summed E-state index contributed by atoms with van der Waals surface area (Å²) in [7, 11) is 1.76. The quantitative estimate of drug-likeness (QED) is 0.614. The first-order chi connectivity index (χ1) is 5.21. The Morgan fingerprint density at radius 2 is 2.18 bits per heavy atom. The van der Waals surface area contributed by atoms with Gasteiger partial charge in [-0.2, -0.15) is 0 Å². The van der Waals surface area contributed by atoms with Gasteiger partial charge in [0.2, 0.25) is 0 Å². The van der Waals surface area contributed by atoms with Crippen molar-refractivity contribution in [1.82, 2.24) is 0 Å². The monoisotopic (exact) mass is 157 g/mol. The van der Waals surface area contributed by atoms with Crippen LogP contribution >= 0.6 is 0 Å². The predicted octanol–water partition coefficient (Wildman–Crippen LogP) is 1.54. The fourth-order valence-corrected chi connectivity index (χ4v) is 1.66. The lowest BCUT2D eigenvalue weighted by Gasteiger charge is -2.18. The maximum Gasteiger partial charge on any atom is 0.0462 e. The summed E-state index contributed by atoms with van der Waals surface area (Å²) in [6.45, 7) is 3.01. The van der Waals surface area contributed by atoms with Gasteiger partial charge in [-0.25, -0.2) is 0 Å². The maximum atomic E-state index is 5.87. The fourth-order valence-electron chi connectivity index (χ4n) is 1.66. The van der Waals surface area contributed by atoms with Gasteiger partial charge in [-0.1, -0.05) is 0 Å². The van der Waals surface area contributed by atoms with Gasteiger partial charge in [0, 0.05) is 19.8 Å². The Morgan fingerprint density at radius 3 is 2.55 bits per heavy atom. The minimum absolute atomic E-state index is 0.374. The van der Waals surface area contributed by atoms with Gasteiger partial charge in [-0.3, -0.25) is 0 Å². The van der Waals surface area contributed by atoms with E-state index in [1.165, 1.54) is 19.3 Å². The molecule has 0 aromatic heterocycles. The van der Waals surface area contributed by atoms with Crippen LogP contribution in [-0.2, 0) is 4.74 Å². The zero-order valence-electron chi connectivity index (χ0n) is 7.60. The molecule has 0 radical (unpaired) electrons. The lowest BCUT2D eigenvalue weighted by Crippen LogP contribution is -2.28. The number of hydrogen-bond donors (Lipinski definition) is 1. The molecular formula is C9H19NO. The minimum Gasteiger partial charge on any atom is -0.385 e. The van der Waals surface area contributed by atoms with Crippen LogP contribution in [0.5, 0.6) is 0 Å². The highest BCUT2D eigenvalue weighted by molar-refractivity contribution is 4.98.